The van der Waals surface area contributed by atoms with Crippen molar-refractivity contribution in [2.45, 2.75) is 25.8 Å². The SMILES string of the molecule is CCNCN1CCCC1c1ccccc1. The molecule has 0 spiro atoms. The molecule has 1 aromatic carbocycles. The maximum absolute atomic E-state index is 3.42. The van der Waals surface area contributed by atoms with Crippen molar-refractivity contribution in [3.8, 4) is 0 Å². The first kappa shape index (κ1) is 10.7. The fourth-order valence-corrected chi connectivity index (χ4v) is 2.32. The van der Waals surface area contributed by atoms with Crippen LogP contribution in [0.5, 0.6) is 0 Å². The van der Waals surface area contributed by atoms with Gasteiger partial charge >= 0.3 is 0 Å². The summed E-state index contributed by atoms with van der Waals surface area (Å²) in [5.41, 5.74) is 1.47. The molecule has 82 valence electrons. The van der Waals surface area contributed by atoms with Crippen molar-refractivity contribution in [1.29, 1.82) is 0 Å². The van der Waals surface area contributed by atoms with E-state index in [0.717, 1.165) is 13.2 Å². The number of hydrogen-bond donors (Lipinski definition) is 1. The van der Waals surface area contributed by atoms with E-state index in [-0.39, 0.29) is 0 Å². The van der Waals surface area contributed by atoms with Crippen LogP contribution in [0, 0.1) is 0 Å². The highest BCUT2D eigenvalue weighted by Gasteiger charge is 2.24. The van der Waals surface area contributed by atoms with Crippen molar-refractivity contribution in [3.05, 3.63) is 35.9 Å². The Morgan fingerprint density at radius 3 is 2.87 bits per heavy atom. The van der Waals surface area contributed by atoms with Gasteiger partial charge in [-0.2, -0.15) is 0 Å². The number of nitrogens with one attached hydrogen (secondary N) is 1. The summed E-state index contributed by atoms with van der Waals surface area (Å²) in [6.45, 7) is 5.47. The molecule has 1 atom stereocenters. The van der Waals surface area contributed by atoms with Gasteiger partial charge in [-0.3, -0.25) is 4.90 Å². The number of hydrogen-bond acceptors (Lipinski definition) is 2. The molecule has 1 fully saturated rings. The van der Waals surface area contributed by atoms with Gasteiger partial charge in [0.25, 0.3) is 0 Å². The molecule has 1 saturated heterocycles. The Morgan fingerprint density at radius 1 is 1.33 bits per heavy atom. The molecule has 1 aliphatic rings. The van der Waals surface area contributed by atoms with Crippen LogP contribution in [0.3, 0.4) is 0 Å². The zero-order valence-electron chi connectivity index (χ0n) is 9.45. The molecule has 1 heterocycles. The first-order valence-electron chi connectivity index (χ1n) is 5.91. The molecule has 1 N–H and O–H groups in total. The monoisotopic (exact) mass is 204 g/mol. The van der Waals surface area contributed by atoms with Gasteiger partial charge in [0.2, 0.25) is 0 Å². The predicted molar refractivity (Wildman–Crippen MR) is 63.7 cm³/mol. The summed E-state index contributed by atoms with van der Waals surface area (Å²) in [4.78, 5) is 2.54. The Kier molecular flexibility index (Phi) is 3.75. The molecule has 1 unspecified atom stereocenters. The molecule has 0 aliphatic carbocycles. The smallest absolute Gasteiger partial charge is 0.0486 e. The number of likely N-dealkylation sites (tertiary alicyclic amines) is 1. The highest BCUT2D eigenvalue weighted by atomic mass is 15.3. The van der Waals surface area contributed by atoms with E-state index < -0.39 is 0 Å². The maximum atomic E-state index is 3.42. The molecule has 15 heavy (non-hydrogen) atoms. The van der Waals surface area contributed by atoms with E-state index in [0.29, 0.717) is 6.04 Å². The lowest BCUT2D eigenvalue weighted by Gasteiger charge is -2.24. The topological polar surface area (TPSA) is 15.3 Å². The third kappa shape index (κ3) is 2.58. The third-order valence-corrected chi connectivity index (χ3v) is 3.11. The van der Waals surface area contributed by atoms with E-state index in [1.165, 1.54) is 24.9 Å². The van der Waals surface area contributed by atoms with Gasteiger partial charge in [-0.05, 0) is 24.9 Å². The van der Waals surface area contributed by atoms with Crippen LogP contribution in [-0.4, -0.2) is 24.7 Å². The predicted octanol–water partition coefficient (Wildman–Crippen LogP) is 2.39. The van der Waals surface area contributed by atoms with Crippen molar-refractivity contribution in [2.75, 3.05) is 19.8 Å². The average molecular weight is 204 g/mol. The minimum atomic E-state index is 0.630. The third-order valence-electron chi connectivity index (χ3n) is 3.11. The molecule has 0 bridgehead atoms. The second-order valence-electron chi connectivity index (χ2n) is 4.14. The zero-order valence-corrected chi connectivity index (χ0v) is 9.45. The molecule has 1 aromatic rings. The lowest BCUT2D eigenvalue weighted by atomic mass is 10.1. The molecule has 2 rings (SSSR count). The minimum absolute atomic E-state index is 0.630. The minimum Gasteiger partial charge on any atom is -0.305 e. The lowest BCUT2D eigenvalue weighted by Crippen LogP contribution is -2.33. The van der Waals surface area contributed by atoms with Crippen LogP contribution >= 0.6 is 0 Å². The van der Waals surface area contributed by atoms with E-state index in [9.17, 15) is 0 Å². The Morgan fingerprint density at radius 2 is 2.13 bits per heavy atom. The summed E-state index contributed by atoms with van der Waals surface area (Å²) in [6.07, 6.45) is 2.63. The van der Waals surface area contributed by atoms with Crippen LogP contribution in [0.1, 0.15) is 31.4 Å². The Bertz CT molecular complexity index is 284. The van der Waals surface area contributed by atoms with Crippen LogP contribution in [-0.2, 0) is 0 Å². The molecule has 2 nitrogen and oxygen atoms in total. The summed E-state index contributed by atoms with van der Waals surface area (Å²) in [5.74, 6) is 0. The maximum Gasteiger partial charge on any atom is 0.0486 e. The fourth-order valence-electron chi connectivity index (χ4n) is 2.32. The standard InChI is InChI=1S/C13H20N2/c1-2-14-11-15-10-6-9-13(15)12-7-4-3-5-8-12/h3-5,7-8,13-14H,2,6,9-11H2,1H3. The van der Waals surface area contributed by atoms with E-state index in [1.54, 1.807) is 0 Å². The van der Waals surface area contributed by atoms with Crippen LogP contribution in [0.25, 0.3) is 0 Å². The summed E-state index contributed by atoms with van der Waals surface area (Å²) in [7, 11) is 0. The molecule has 0 aromatic heterocycles. The van der Waals surface area contributed by atoms with Gasteiger partial charge in [0.1, 0.15) is 0 Å². The van der Waals surface area contributed by atoms with Gasteiger partial charge in [-0.15, -0.1) is 0 Å². The highest BCUT2D eigenvalue weighted by Crippen LogP contribution is 2.30. The van der Waals surface area contributed by atoms with Crippen molar-refractivity contribution in [2.24, 2.45) is 0 Å². The largest absolute Gasteiger partial charge is 0.305 e. The van der Waals surface area contributed by atoms with Crippen LogP contribution in [0.4, 0.5) is 0 Å². The lowest BCUT2D eigenvalue weighted by molar-refractivity contribution is 0.239. The first-order chi connectivity index (χ1) is 7.42. The zero-order chi connectivity index (χ0) is 10.5. The summed E-state index contributed by atoms with van der Waals surface area (Å²) in [6, 6.07) is 11.5. The van der Waals surface area contributed by atoms with Crippen molar-refractivity contribution >= 4 is 0 Å². The molecule has 0 radical (unpaired) electrons. The van der Waals surface area contributed by atoms with Crippen LogP contribution in [0.15, 0.2) is 30.3 Å². The highest BCUT2D eigenvalue weighted by molar-refractivity contribution is 5.19. The number of benzene rings is 1. The Balaban J connectivity index is 2.01. The molecular formula is C13H20N2. The van der Waals surface area contributed by atoms with E-state index in [4.69, 9.17) is 0 Å². The Hall–Kier alpha value is -0.860. The summed E-state index contributed by atoms with van der Waals surface area (Å²) >= 11 is 0. The van der Waals surface area contributed by atoms with Gasteiger partial charge in [-0.25, -0.2) is 0 Å². The van der Waals surface area contributed by atoms with Gasteiger partial charge in [0.05, 0.1) is 0 Å². The number of rotatable bonds is 4. The molecule has 0 saturated carbocycles. The van der Waals surface area contributed by atoms with E-state index >= 15 is 0 Å². The van der Waals surface area contributed by atoms with Gasteiger partial charge in [0, 0.05) is 19.3 Å². The number of nitrogens with zero attached hydrogens (tertiary/aromatic N) is 1. The van der Waals surface area contributed by atoms with Crippen molar-refractivity contribution in [3.63, 3.8) is 0 Å². The Labute approximate surface area is 92.3 Å². The van der Waals surface area contributed by atoms with Gasteiger partial charge < -0.3 is 5.32 Å². The summed E-state index contributed by atoms with van der Waals surface area (Å²) in [5, 5.41) is 3.42. The quantitative estimate of drug-likeness (QED) is 0.810. The fraction of sp³-hybridized carbons (Fsp3) is 0.538. The van der Waals surface area contributed by atoms with Crippen LogP contribution in [0.2, 0.25) is 0 Å². The summed E-state index contributed by atoms with van der Waals surface area (Å²) < 4.78 is 0. The molecule has 2 heteroatoms. The first-order valence-corrected chi connectivity index (χ1v) is 5.91. The van der Waals surface area contributed by atoms with Gasteiger partial charge in [0.15, 0.2) is 0 Å². The second-order valence-corrected chi connectivity index (χ2v) is 4.14. The van der Waals surface area contributed by atoms with E-state index in [2.05, 4.69) is 47.5 Å². The molecule has 0 amide bonds. The molecular weight excluding hydrogens is 184 g/mol. The van der Waals surface area contributed by atoms with Gasteiger partial charge in [-0.1, -0.05) is 37.3 Å². The molecule has 1 aliphatic heterocycles. The van der Waals surface area contributed by atoms with E-state index in [1.807, 2.05) is 0 Å². The van der Waals surface area contributed by atoms with Crippen LogP contribution < -0.4 is 5.32 Å². The van der Waals surface area contributed by atoms with Crippen molar-refractivity contribution in [1.82, 2.24) is 10.2 Å². The van der Waals surface area contributed by atoms with Crippen molar-refractivity contribution < 1.29 is 0 Å². The average Bonchev–Trinajstić information content (AvgIpc) is 2.75. The normalized spacial score (nSPS) is 22.1. The second kappa shape index (κ2) is 5.29.